The second kappa shape index (κ2) is 6.42. The summed E-state index contributed by atoms with van der Waals surface area (Å²) in [6, 6.07) is 4.14. The van der Waals surface area contributed by atoms with E-state index in [9.17, 15) is 19.7 Å². The van der Waals surface area contributed by atoms with Gasteiger partial charge in [0.05, 0.1) is 10.5 Å². The molecule has 0 radical (unpaired) electrons. The number of rotatable bonds is 4. The maximum absolute atomic E-state index is 12.6. The van der Waals surface area contributed by atoms with E-state index < -0.39 is 4.92 Å². The number of carbonyl (C=O) groups is 2. The lowest BCUT2D eigenvalue weighted by Crippen LogP contribution is -2.41. The molecular formula is C14H18N4O4. The first kappa shape index (κ1) is 15.7. The predicted molar refractivity (Wildman–Crippen MR) is 80.5 cm³/mol. The highest BCUT2D eigenvalue weighted by Crippen LogP contribution is 2.25. The van der Waals surface area contributed by atoms with Crippen molar-refractivity contribution >= 4 is 23.2 Å². The average molecular weight is 306 g/mol. The first-order valence-corrected chi connectivity index (χ1v) is 6.98. The van der Waals surface area contributed by atoms with Crippen molar-refractivity contribution in [2.45, 2.75) is 12.8 Å². The number of hydrogen-bond donors (Lipinski definition) is 2. The molecule has 0 aromatic heterocycles. The van der Waals surface area contributed by atoms with Crippen molar-refractivity contribution in [1.29, 1.82) is 0 Å². The fraction of sp³-hybridized carbons (Fsp3) is 0.429. The number of nitro groups is 1. The van der Waals surface area contributed by atoms with Crippen molar-refractivity contribution < 1.29 is 14.5 Å². The summed E-state index contributed by atoms with van der Waals surface area (Å²) < 4.78 is 0. The topological polar surface area (TPSA) is 119 Å². The van der Waals surface area contributed by atoms with Gasteiger partial charge in [-0.2, -0.15) is 0 Å². The zero-order chi connectivity index (χ0) is 16.3. The van der Waals surface area contributed by atoms with Crippen molar-refractivity contribution in [2.75, 3.05) is 25.5 Å². The van der Waals surface area contributed by atoms with Gasteiger partial charge in [0.25, 0.3) is 11.6 Å². The lowest BCUT2D eigenvalue weighted by molar-refractivity contribution is -0.384. The maximum Gasteiger partial charge on any atom is 0.270 e. The van der Waals surface area contributed by atoms with Crippen molar-refractivity contribution in [3.05, 3.63) is 33.9 Å². The zero-order valence-electron chi connectivity index (χ0n) is 12.2. The van der Waals surface area contributed by atoms with Crippen LogP contribution in [0.3, 0.4) is 0 Å². The number of carbonyl (C=O) groups excluding carboxylic acids is 2. The third-order valence-electron chi connectivity index (χ3n) is 3.90. The number of nitrogens with one attached hydrogen (secondary N) is 1. The largest absolute Gasteiger partial charge is 0.387 e. The van der Waals surface area contributed by atoms with Crippen LogP contribution in [0.4, 0.5) is 11.4 Å². The van der Waals surface area contributed by atoms with E-state index in [1.54, 1.807) is 11.9 Å². The first-order valence-electron chi connectivity index (χ1n) is 6.98. The molecular weight excluding hydrogens is 288 g/mol. The van der Waals surface area contributed by atoms with E-state index in [1.807, 2.05) is 0 Å². The fourth-order valence-corrected chi connectivity index (χ4v) is 2.58. The van der Waals surface area contributed by atoms with Gasteiger partial charge in [0.15, 0.2) is 0 Å². The van der Waals surface area contributed by atoms with E-state index in [1.165, 1.54) is 18.2 Å². The van der Waals surface area contributed by atoms with E-state index in [2.05, 4.69) is 5.32 Å². The molecule has 2 rings (SSSR count). The van der Waals surface area contributed by atoms with Crippen LogP contribution < -0.4 is 11.1 Å². The minimum Gasteiger partial charge on any atom is -0.387 e. The SMILES string of the molecule is CNc1ccc([N+](=O)[O-])cc1C(=O)N1CCC(C(N)=O)CC1. The number of anilines is 1. The van der Waals surface area contributed by atoms with Crippen LogP contribution in [-0.2, 0) is 4.79 Å². The minimum atomic E-state index is -0.532. The lowest BCUT2D eigenvalue weighted by Gasteiger charge is -2.31. The number of non-ortho nitro benzene ring substituents is 1. The van der Waals surface area contributed by atoms with Crippen molar-refractivity contribution in [2.24, 2.45) is 11.7 Å². The molecule has 118 valence electrons. The molecule has 8 nitrogen and oxygen atoms in total. The van der Waals surface area contributed by atoms with Gasteiger partial charge in [-0.25, -0.2) is 0 Å². The number of benzene rings is 1. The molecule has 22 heavy (non-hydrogen) atoms. The first-order chi connectivity index (χ1) is 10.4. The average Bonchev–Trinajstić information content (AvgIpc) is 2.53. The summed E-state index contributed by atoms with van der Waals surface area (Å²) in [4.78, 5) is 35.7. The van der Waals surface area contributed by atoms with Crippen LogP contribution >= 0.6 is 0 Å². The summed E-state index contributed by atoms with van der Waals surface area (Å²) in [7, 11) is 1.65. The van der Waals surface area contributed by atoms with Crippen molar-refractivity contribution in [3.63, 3.8) is 0 Å². The number of hydrogen-bond acceptors (Lipinski definition) is 5. The van der Waals surface area contributed by atoms with E-state index in [0.29, 0.717) is 31.6 Å². The Kier molecular flexibility index (Phi) is 4.59. The molecule has 3 N–H and O–H groups in total. The number of amides is 2. The predicted octanol–water partition coefficient (Wildman–Crippen LogP) is 0.974. The Morgan fingerprint density at radius 1 is 1.36 bits per heavy atom. The lowest BCUT2D eigenvalue weighted by atomic mass is 9.95. The Bertz CT molecular complexity index is 609. The van der Waals surface area contributed by atoms with E-state index >= 15 is 0 Å². The van der Waals surface area contributed by atoms with Crippen LogP contribution in [-0.4, -0.2) is 41.8 Å². The summed E-state index contributed by atoms with van der Waals surface area (Å²) in [5.41, 5.74) is 5.93. The van der Waals surface area contributed by atoms with Gasteiger partial charge in [-0.05, 0) is 18.9 Å². The molecule has 1 aliphatic heterocycles. The minimum absolute atomic E-state index is 0.130. The maximum atomic E-state index is 12.6. The Balaban J connectivity index is 2.20. The van der Waals surface area contributed by atoms with Crippen LogP contribution in [0.5, 0.6) is 0 Å². The Labute approximate surface area is 127 Å². The molecule has 0 aliphatic carbocycles. The quantitative estimate of drug-likeness (QED) is 0.634. The second-order valence-corrected chi connectivity index (χ2v) is 5.21. The number of primary amides is 1. The van der Waals surface area contributed by atoms with E-state index in [4.69, 9.17) is 5.73 Å². The summed E-state index contributed by atoms with van der Waals surface area (Å²) in [6.07, 6.45) is 1.04. The second-order valence-electron chi connectivity index (χ2n) is 5.21. The Hall–Kier alpha value is -2.64. The molecule has 0 saturated carbocycles. The van der Waals surface area contributed by atoms with Gasteiger partial charge in [0.1, 0.15) is 0 Å². The highest BCUT2D eigenvalue weighted by Gasteiger charge is 2.28. The number of nitro benzene ring substituents is 1. The van der Waals surface area contributed by atoms with Crippen molar-refractivity contribution in [3.8, 4) is 0 Å². The fourth-order valence-electron chi connectivity index (χ4n) is 2.58. The number of nitrogens with zero attached hydrogens (tertiary/aromatic N) is 2. The van der Waals surface area contributed by atoms with E-state index in [-0.39, 0.29) is 29.0 Å². The monoisotopic (exact) mass is 306 g/mol. The number of likely N-dealkylation sites (tertiary alicyclic amines) is 1. The normalized spacial score (nSPS) is 15.4. The summed E-state index contributed by atoms with van der Waals surface area (Å²) in [5.74, 6) is -0.840. The molecule has 0 bridgehead atoms. The van der Waals surface area contributed by atoms with Crippen LogP contribution in [0.25, 0.3) is 0 Å². The summed E-state index contributed by atoms with van der Waals surface area (Å²) >= 11 is 0. The van der Waals surface area contributed by atoms with Gasteiger partial charge < -0.3 is 16.0 Å². The molecule has 1 fully saturated rings. The van der Waals surface area contributed by atoms with Gasteiger partial charge in [-0.15, -0.1) is 0 Å². The van der Waals surface area contributed by atoms with Gasteiger partial charge in [-0.3, -0.25) is 19.7 Å². The molecule has 0 spiro atoms. The van der Waals surface area contributed by atoms with Crippen molar-refractivity contribution in [1.82, 2.24) is 4.90 Å². The van der Waals surface area contributed by atoms with Crippen LogP contribution in [0.2, 0.25) is 0 Å². The van der Waals surface area contributed by atoms with Gasteiger partial charge in [0, 0.05) is 43.9 Å². The summed E-state index contributed by atoms with van der Waals surface area (Å²) in [6.45, 7) is 0.830. The molecule has 1 saturated heterocycles. The molecule has 1 heterocycles. The molecule has 8 heteroatoms. The third-order valence-corrected chi connectivity index (χ3v) is 3.90. The number of piperidine rings is 1. The number of nitrogens with two attached hydrogens (primary N) is 1. The van der Waals surface area contributed by atoms with Crippen LogP contribution in [0.1, 0.15) is 23.2 Å². The highest BCUT2D eigenvalue weighted by molar-refractivity contribution is 6.00. The Morgan fingerprint density at radius 2 is 2.00 bits per heavy atom. The molecule has 1 aromatic carbocycles. The van der Waals surface area contributed by atoms with Gasteiger partial charge in [-0.1, -0.05) is 0 Å². The highest BCUT2D eigenvalue weighted by atomic mass is 16.6. The smallest absolute Gasteiger partial charge is 0.270 e. The standard InChI is InChI=1S/C14H18N4O4/c1-16-12-3-2-10(18(21)22)8-11(12)14(20)17-6-4-9(5-7-17)13(15)19/h2-3,8-9,16H,4-7H2,1H3,(H2,15,19). The zero-order valence-corrected chi connectivity index (χ0v) is 12.2. The summed E-state index contributed by atoms with van der Waals surface area (Å²) in [5, 5.41) is 13.7. The molecule has 0 unspecified atom stereocenters. The van der Waals surface area contributed by atoms with Gasteiger partial charge >= 0.3 is 0 Å². The molecule has 0 atom stereocenters. The Morgan fingerprint density at radius 3 is 2.50 bits per heavy atom. The van der Waals surface area contributed by atoms with Crippen LogP contribution in [0, 0.1) is 16.0 Å². The molecule has 1 aliphatic rings. The third kappa shape index (κ3) is 3.16. The molecule has 2 amide bonds. The molecule has 1 aromatic rings. The van der Waals surface area contributed by atoms with Gasteiger partial charge in [0.2, 0.25) is 5.91 Å². The van der Waals surface area contributed by atoms with E-state index in [0.717, 1.165) is 0 Å². The van der Waals surface area contributed by atoms with Crippen LogP contribution in [0.15, 0.2) is 18.2 Å².